The van der Waals surface area contributed by atoms with E-state index in [9.17, 15) is 31.1 Å². The van der Waals surface area contributed by atoms with Crippen molar-refractivity contribution in [2.75, 3.05) is 57.3 Å². The van der Waals surface area contributed by atoms with Crippen molar-refractivity contribution in [3.05, 3.63) is 69.8 Å². The number of halogens is 6. The number of nitrogens with zero attached hydrogens (tertiary/aromatic N) is 3. The molecule has 1 atom stereocenters. The molecule has 2 fully saturated rings. The Bertz CT molecular complexity index is 1150. The fraction of sp³-hybridized carbons (Fsp3) is 0.552. The van der Waals surface area contributed by atoms with Crippen LogP contribution in [0.15, 0.2) is 36.4 Å². The lowest BCUT2D eigenvalue weighted by atomic mass is 9.97. The zero-order chi connectivity index (χ0) is 29.1. The Morgan fingerprint density at radius 2 is 1.45 bits per heavy atom. The molecule has 11 heteroatoms. The maximum Gasteiger partial charge on any atom is 0.416 e. The van der Waals surface area contributed by atoms with E-state index < -0.39 is 41.0 Å². The summed E-state index contributed by atoms with van der Waals surface area (Å²) in [7, 11) is 0. The van der Waals surface area contributed by atoms with Gasteiger partial charge in [-0.15, -0.1) is 0 Å². The SMILES string of the molecule is Cc1ccc(C[C@@H]2CN(CCCN3CCSCC3)CCN2C(=O)c2cc(C(F)(F)F)cc(C(F)(F)F)c2)cc1C. The van der Waals surface area contributed by atoms with Gasteiger partial charge in [-0.3, -0.25) is 9.69 Å². The van der Waals surface area contributed by atoms with Crippen molar-refractivity contribution in [2.45, 2.75) is 45.1 Å². The van der Waals surface area contributed by atoms with Crippen LogP contribution < -0.4 is 0 Å². The van der Waals surface area contributed by atoms with Crippen molar-refractivity contribution in [1.82, 2.24) is 14.7 Å². The van der Waals surface area contributed by atoms with Crippen LogP contribution in [0.4, 0.5) is 26.3 Å². The second kappa shape index (κ2) is 12.7. The zero-order valence-electron chi connectivity index (χ0n) is 22.7. The summed E-state index contributed by atoms with van der Waals surface area (Å²) in [5.74, 6) is 1.45. The van der Waals surface area contributed by atoms with Crippen LogP contribution >= 0.6 is 11.8 Å². The van der Waals surface area contributed by atoms with Crippen molar-refractivity contribution in [2.24, 2.45) is 0 Å². The molecule has 2 aromatic carbocycles. The maximum atomic E-state index is 13.6. The number of carbonyl (C=O) groups is 1. The van der Waals surface area contributed by atoms with Gasteiger partial charge in [0.25, 0.3) is 5.91 Å². The Morgan fingerprint density at radius 1 is 0.825 bits per heavy atom. The first-order valence-corrected chi connectivity index (χ1v) is 14.7. The van der Waals surface area contributed by atoms with Crippen molar-refractivity contribution in [1.29, 1.82) is 0 Å². The summed E-state index contributed by atoms with van der Waals surface area (Å²) in [6.45, 7) is 9.14. The highest BCUT2D eigenvalue weighted by Gasteiger charge is 2.39. The van der Waals surface area contributed by atoms with Crippen LogP contribution in [-0.2, 0) is 18.8 Å². The summed E-state index contributed by atoms with van der Waals surface area (Å²) in [6, 6.07) is 6.71. The third kappa shape index (κ3) is 7.94. The summed E-state index contributed by atoms with van der Waals surface area (Å²) in [6.07, 6.45) is -8.61. The van der Waals surface area contributed by atoms with E-state index in [1.54, 1.807) is 0 Å². The second-order valence-corrected chi connectivity index (χ2v) is 11.9. The number of benzene rings is 2. The molecule has 0 unspecified atom stereocenters. The minimum Gasteiger partial charge on any atom is -0.333 e. The number of thioether (sulfide) groups is 1. The van der Waals surface area contributed by atoms with Crippen LogP contribution in [0.2, 0.25) is 0 Å². The van der Waals surface area contributed by atoms with Crippen LogP contribution in [0.1, 0.15) is 44.6 Å². The summed E-state index contributed by atoms with van der Waals surface area (Å²) in [4.78, 5) is 19.7. The Morgan fingerprint density at radius 3 is 2.05 bits per heavy atom. The van der Waals surface area contributed by atoms with Gasteiger partial charge < -0.3 is 9.80 Å². The average molecular weight is 588 g/mol. The Balaban J connectivity index is 1.56. The fourth-order valence-electron chi connectivity index (χ4n) is 5.35. The summed E-state index contributed by atoms with van der Waals surface area (Å²) >= 11 is 1.95. The molecule has 220 valence electrons. The summed E-state index contributed by atoms with van der Waals surface area (Å²) in [5, 5.41) is 0. The van der Waals surface area contributed by atoms with Gasteiger partial charge in [0.05, 0.1) is 11.1 Å². The third-order valence-corrected chi connectivity index (χ3v) is 8.70. The second-order valence-electron chi connectivity index (χ2n) is 10.7. The van der Waals surface area contributed by atoms with E-state index in [0.29, 0.717) is 31.6 Å². The third-order valence-electron chi connectivity index (χ3n) is 7.76. The van der Waals surface area contributed by atoms with Crippen LogP contribution in [0, 0.1) is 13.8 Å². The normalized spacial score (nSPS) is 19.7. The van der Waals surface area contributed by atoms with Crippen molar-refractivity contribution in [3.8, 4) is 0 Å². The van der Waals surface area contributed by atoms with Gasteiger partial charge in [0.2, 0.25) is 0 Å². The van der Waals surface area contributed by atoms with Crippen molar-refractivity contribution in [3.63, 3.8) is 0 Å². The summed E-state index contributed by atoms with van der Waals surface area (Å²) in [5.41, 5.74) is -0.392. The molecule has 0 spiro atoms. The smallest absolute Gasteiger partial charge is 0.333 e. The number of carbonyl (C=O) groups excluding carboxylic acids is 1. The highest BCUT2D eigenvalue weighted by molar-refractivity contribution is 7.99. The molecule has 0 saturated carbocycles. The van der Waals surface area contributed by atoms with E-state index in [4.69, 9.17) is 0 Å². The highest BCUT2D eigenvalue weighted by Crippen LogP contribution is 2.37. The number of aryl methyl sites for hydroxylation is 2. The lowest BCUT2D eigenvalue weighted by molar-refractivity contribution is -0.143. The van der Waals surface area contributed by atoms with Crippen LogP contribution in [0.5, 0.6) is 0 Å². The number of amides is 1. The van der Waals surface area contributed by atoms with E-state index in [2.05, 4.69) is 9.80 Å². The van der Waals surface area contributed by atoms with Crippen molar-refractivity contribution >= 4 is 17.7 Å². The zero-order valence-corrected chi connectivity index (χ0v) is 23.6. The molecule has 0 aliphatic carbocycles. The molecular formula is C29H35F6N3OS. The van der Waals surface area contributed by atoms with Crippen LogP contribution in [0.25, 0.3) is 0 Å². The number of hydrogen-bond donors (Lipinski definition) is 0. The van der Waals surface area contributed by atoms with Gasteiger partial charge in [-0.05, 0) is 74.7 Å². The predicted molar refractivity (Wildman–Crippen MR) is 146 cm³/mol. The van der Waals surface area contributed by atoms with Crippen LogP contribution in [-0.4, -0.2) is 84.0 Å². The molecule has 2 saturated heterocycles. The average Bonchev–Trinajstić information content (AvgIpc) is 2.90. The molecule has 4 rings (SSSR count). The number of rotatable bonds is 7. The van der Waals surface area contributed by atoms with E-state index in [1.807, 2.05) is 43.8 Å². The van der Waals surface area contributed by atoms with Crippen LogP contribution in [0.3, 0.4) is 0 Å². The Kier molecular flexibility index (Phi) is 9.78. The lowest BCUT2D eigenvalue weighted by Crippen LogP contribution is -2.56. The van der Waals surface area contributed by atoms with E-state index in [0.717, 1.165) is 60.8 Å². The van der Waals surface area contributed by atoms with Gasteiger partial charge >= 0.3 is 12.4 Å². The molecule has 2 aliphatic heterocycles. The molecule has 0 radical (unpaired) electrons. The molecule has 0 aromatic heterocycles. The molecule has 2 aliphatic rings. The van der Waals surface area contributed by atoms with E-state index >= 15 is 0 Å². The number of hydrogen-bond acceptors (Lipinski definition) is 4. The molecule has 0 N–H and O–H groups in total. The molecule has 0 bridgehead atoms. The minimum atomic E-state index is -5.01. The largest absolute Gasteiger partial charge is 0.416 e. The van der Waals surface area contributed by atoms with Crippen molar-refractivity contribution < 1.29 is 31.1 Å². The van der Waals surface area contributed by atoms with Gasteiger partial charge in [0, 0.05) is 55.8 Å². The maximum absolute atomic E-state index is 13.6. The minimum absolute atomic E-state index is 0.0578. The predicted octanol–water partition coefficient (Wildman–Crippen LogP) is 6.15. The monoisotopic (exact) mass is 587 g/mol. The molecule has 40 heavy (non-hydrogen) atoms. The Hall–Kier alpha value is -2.24. The quantitative estimate of drug-likeness (QED) is 0.364. The molecule has 4 nitrogen and oxygen atoms in total. The first-order valence-electron chi connectivity index (χ1n) is 13.5. The van der Waals surface area contributed by atoms with Gasteiger partial charge in [-0.1, -0.05) is 18.2 Å². The molecule has 2 aromatic rings. The fourth-order valence-corrected chi connectivity index (χ4v) is 6.33. The van der Waals surface area contributed by atoms with E-state index in [-0.39, 0.29) is 12.6 Å². The lowest BCUT2D eigenvalue weighted by Gasteiger charge is -2.42. The van der Waals surface area contributed by atoms with Gasteiger partial charge in [0.1, 0.15) is 0 Å². The highest BCUT2D eigenvalue weighted by atomic mass is 32.2. The number of piperazine rings is 1. The first-order chi connectivity index (χ1) is 18.8. The molecule has 2 heterocycles. The van der Waals surface area contributed by atoms with Gasteiger partial charge in [-0.2, -0.15) is 38.1 Å². The summed E-state index contributed by atoms with van der Waals surface area (Å²) < 4.78 is 80.9. The molecular weight excluding hydrogens is 552 g/mol. The standard InChI is InChI=1S/C29H35F6N3OS/c1-20-4-5-22(14-21(20)2)15-26-19-37(7-3-6-36-10-12-40-13-11-36)8-9-38(26)27(39)23-16-24(28(30,31)32)18-25(17-23)29(33,34)35/h4-5,14,16-18,26H,3,6-13,15,19H2,1-2H3/t26-/m1/s1. The van der Waals surface area contributed by atoms with E-state index in [1.165, 1.54) is 4.90 Å². The first kappa shape index (κ1) is 30.7. The van der Waals surface area contributed by atoms with Gasteiger partial charge in [0.15, 0.2) is 0 Å². The number of alkyl halides is 6. The molecule has 1 amide bonds. The topological polar surface area (TPSA) is 26.8 Å². The Labute approximate surface area is 235 Å². The van der Waals surface area contributed by atoms with Gasteiger partial charge in [-0.25, -0.2) is 0 Å².